The lowest BCUT2D eigenvalue weighted by Gasteiger charge is -2.23. The minimum atomic E-state index is -3.02. The average Bonchev–Trinajstić information content (AvgIpc) is 2.95. The van der Waals surface area contributed by atoms with Crippen LogP contribution in [0.5, 0.6) is 0 Å². The number of amides is 1. The number of anilines is 2. The van der Waals surface area contributed by atoms with E-state index in [0.717, 1.165) is 17.9 Å². The molecule has 26 heavy (non-hydrogen) atoms. The van der Waals surface area contributed by atoms with Crippen molar-refractivity contribution < 1.29 is 13.2 Å². The zero-order valence-electron chi connectivity index (χ0n) is 15.0. The lowest BCUT2D eigenvalue weighted by Crippen LogP contribution is -2.36. The average molecular weight is 373 g/mol. The number of aryl methyl sites for hydroxylation is 1. The normalized spacial score (nSPS) is 18.5. The fourth-order valence-electron chi connectivity index (χ4n) is 3.16. The van der Waals surface area contributed by atoms with Gasteiger partial charge in [-0.25, -0.2) is 13.4 Å². The predicted octanol–water partition coefficient (Wildman–Crippen LogP) is 2.46. The van der Waals surface area contributed by atoms with Crippen molar-refractivity contribution in [1.29, 1.82) is 0 Å². The number of carbonyl (C=O) groups is 1. The van der Waals surface area contributed by atoms with Gasteiger partial charge in [0.1, 0.15) is 5.69 Å². The van der Waals surface area contributed by atoms with E-state index in [1.165, 1.54) is 5.56 Å². The van der Waals surface area contributed by atoms with E-state index in [4.69, 9.17) is 0 Å². The summed E-state index contributed by atoms with van der Waals surface area (Å²) in [5.74, 6) is -0.197. The highest BCUT2D eigenvalue weighted by atomic mass is 32.2. The van der Waals surface area contributed by atoms with Crippen LogP contribution in [0.15, 0.2) is 42.6 Å². The Kier molecular flexibility index (Phi) is 5.27. The first-order valence-corrected chi connectivity index (χ1v) is 10.5. The summed E-state index contributed by atoms with van der Waals surface area (Å²) in [5, 5.41) is 2.76. The van der Waals surface area contributed by atoms with E-state index < -0.39 is 9.84 Å². The highest BCUT2D eigenvalue weighted by Crippen LogP contribution is 2.25. The van der Waals surface area contributed by atoms with E-state index in [-0.39, 0.29) is 23.5 Å². The molecule has 1 aliphatic rings. The lowest BCUT2D eigenvalue weighted by molar-refractivity contribution is 0.0936. The number of carbonyl (C=O) groups excluding carboxylic acids is 1. The van der Waals surface area contributed by atoms with Crippen molar-refractivity contribution in [2.24, 2.45) is 0 Å². The Balaban J connectivity index is 1.72. The first-order chi connectivity index (χ1) is 12.4. The van der Waals surface area contributed by atoms with Gasteiger partial charge >= 0.3 is 0 Å². The molecule has 6 nitrogen and oxygen atoms in total. The van der Waals surface area contributed by atoms with Gasteiger partial charge in [-0.3, -0.25) is 4.79 Å². The molecule has 2 heterocycles. The van der Waals surface area contributed by atoms with Crippen LogP contribution in [0.4, 0.5) is 11.4 Å². The number of nitrogens with zero attached hydrogens (tertiary/aromatic N) is 2. The summed E-state index contributed by atoms with van der Waals surface area (Å²) in [7, 11) is -3.02. The fraction of sp³-hybridized carbons (Fsp3) is 0.368. The van der Waals surface area contributed by atoms with Gasteiger partial charge in [-0.05, 0) is 50.1 Å². The molecule has 1 N–H and O–H groups in total. The molecule has 1 atom stereocenters. The third-order valence-corrected chi connectivity index (χ3v) is 6.26. The van der Waals surface area contributed by atoms with Crippen LogP contribution in [0.1, 0.15) is 29.4 Å². The maximum Gasteiger partial charge on any atom is 0.270 e. The van der Waals surface area contributed by atoms with E-state index in [1.807, 2.05) is 31.2 Å². The minimum absolute atomic E-state index is 0.00773. The smallest absolute Gasteiger partial charge is 0.270 e. The van der Waals surface area contributed by atoms with Gasteiger partial charge in [-0.15, -0.1) is 0 Å². The van der Waals surface area contributed by atoms with Gasteiger partial charge in [-0.1, -0.05) is 12.1 Å². The van der Waals surface area contributed by atoms with Crippen molar-refractivity contribution in [3.63, 3.8) is 0 Å². The molecule has 7 heteroatoms. The monoisotopic (exact) mass is 373 g/mol. The van der Waals surface area contributed by atoms with E-state index in [9.17, 15) is 13.2 Å². The van der Waals surface area contributed by atoms with E-state index >= 15 is 0 Å². The third kappa shape index (κ3) is 4.22. The van der Waals surface area contributed by atoms with Crippen LogP contribution in [0, 0.1) is 6.92 Å². The Bertz CT molecular complexity index is 895. The van der Waals surface area contributed by atoms with Crippen LogP contribution in [0.3, 0.4) is 0 Å². The number of sulfone groups is 1. The van der Waals surface area contributed by atoms with Gasteiger partial charge in [0.25, 0.3) is 5.91 Å². The molecule has 0 spiro atoms. The van der Waals surface area contributed by atoms with Crippen molar-refractivity contribution in [1.82, 2.24) is 10.3 Å². The number of hydrogen-bond acceptors (Lipinski definition) is 5. The zero-order chi connectivity index (χ0) is 18.7. The third-order valence-electron chi connectivity index (χ3n) is 4.49. The Morgan fingerprint density at radius 1 is 1.27 bits per heavy atom. The summed E-state index contributed by atoms with van der Waals surface area (Å²) < 4.78 is 23.0. The number of nitrogens with one attached hydrogen (secondary N) is 1. The summed E-state index contributed by atoms with van der Waals surface area (Å²) >= 11 is 0. The molecule has 1 amide bonds. The molecule has 0 saturated carbocycles. The molecule has 1 aromatic carbocycles. The first-order valence-electron chi connectivity index (χ1n) is 8.69. The topological polar surface area (TPSA) is 79.4 Å². The van der Waals surface area contributed by atoms with Gasteiger partial charge in [-0.2, -0.15) is 0 Å². The number of aromatic nitrogens is 1. The molecule has 3 rings (SSSR count). The predicted molar refractivity (Wildman–Crippen MR) is 103 cm³/mol. The molecule has 0 aliphatic carbocycles. The second-order valence-corrected chi connectivity index (χ2v) is 8.79. The van der Waals surface area contributed by atoms with E-state index in [2.05, 4.69) is 28.2 Å². The standard InChI is InChI=1S/C19H23N3O3S/c1-3-22(16-6-4-5-14(2)11-16)17-7-8-18(20-12-17)19(23)21-15-9-10-26(24,25)13-15/h4-8,11-12,15H,3,9-10,13H2,1-2H3,(H,21,23). The summed E-state index contributed by atoms with van der Waals surface area (Å²) in [6, 6.07) is 11.4. The van der Waals surface area contributed by atoms with Crippen LogP contribution in [-0.4, -0.2) is 43.4 Å². The van der Waals surface area contributed by atoms with Gasteiger partial charge in [0.15, 0.2) is 9.84 Å². The van der Waals surface area contributed by atoms with Crippen molar-refractivity contribution in [3.05, 3.63) is 53.9 Å². The summed E-state index contributed by atoms with van der Waals surface area (Å²) in [5.41, 5.74) is 3.44. The molecular weight excluding hydrogens is 350 g/mol. The van der Waals surface area contributed by atoms with Gasteiger partial charge in [0.2, 0.25) is 0 Å². The Hall–Kier alpha value is -2.41. The van der Waals surface area contributed by atoms with Crippen molar-refractivity contribution in [3.8, 4) is 0 Å². The van der Waals surface area contributed by atoms with Crippen LogP contribution < -0.4 is 10.2 Å². The molecule has 1 fully saturated rings. The van der Waals surface area contributed by atoms with Crippen LogP contribution >= 0.6 is 0 Å². The SMILES string of the molecule is CCN(c1ccc(C(=O)NC2CCS(=O)(=O)C2)nc1)c1cccc(C)c1. The number of rotatable bonds is 5. The van der Waals surface area contributed by atoms with Crippen molar-refractivity contribution >= 4 is 27.1 Å². The van der Waals surface area contributed by atoms with Crippen LogP contribution in [0.2, 0.25) is 0 Å². The Morgan fingerprint density at radius 3 is 2.65 bits per heavy atom. The van der Waals surface area contributed by atoms with Crippen LogP contribution in [-0.2, 0) is 9.84 Å². The number of benzene rings is 1. The summed E-state index contributed by atoms with van der Waals surface area (Å²) in [4.78, 5) is 18.7. The molecule has 1 aromatic heterocycles. The largest absolute Gasteiger partial charge is 0.347 e. The highest BCUT2D eigenvalue weighted by Gasteiger charge is 2.29. The van der Waals surface area contributed by atoms with Crippen LogP contribution in [0.25, 0.3) is 0 Å². The molecule has 0 radical (unpaired) electrons. The molecule has 0 bridgehead atoms. The van der Waals surface area contributed by atoms with Gasteiger partial charge in [0.05, 0.1) is 23.4 Å². The fourth-order valence-corrected chi connectivity index (χ4v) is 4.83. The Morgan fingerprint density at radius 2 is 2.08 bits per heavy atom. The van der Waals surface area contributed by atoms with E-state index in [1.54, 1.807) is 12.3 Å². The number of pyridine rings is 1. The quantitative estimate of drug-likeness (QED) is 0.871. The summed E-state index contributed by atoms with van der Waals surface area (Å²) in [6.45, 7) is 4.88. The molecule has 1 saturated heterocycles. The second kappa shape index (κ2) is 7.45. The maximum absolute atomic E-state index is 12.3. The lowest BCUT2D eigenvalue weighted by atomic mass is 10.2. The number of hydrogen-bond donors (Lipinski definition) is 1. The summed E-state index contributed by atoms with van der Waals surface area (Å²) in [6.07, 6.45) is 2.13. The molecule has 1 aliphatic heterocycles. The molecule has 138 valence electrons. The minimum Gasteiger partial charge on any atom is -0.347 e. The van der Waals surface area contributed by atoms with Gasteiger partial charge < -0.3 is 10.2 Å². The zero-order valence-corrected chi connectivity index (χ0v) is 15.8. The highest BCUT2D eigenvalue weighted by molar-refractivity contribution is 7.91. The maximum atomic E-state index is 12.3. The first kappa shape index (κ1) is 18.4. The second-order valence-electron chi connectivity index (χ2n) is 6.56. The molecular formula is C19H23N3O3S. The molecule has 2 aromatic rings. The van der Waals surface area contributed by atoms with E-state index in [0.29, 0.717) is 12.1 Å². The van der Waals surface area contributed by atoms with Crippen molar-refractivity contribution in [2.45, 2.75) is 26.3 Å². The molecule has 1 unspecified atom stereocenters. The Labute approximate surface area is 154 Å². The van der Waals surface area contributed by atoms with Gasteiger partial charge in [0, 0.05) is 18.3 Å². The van der Waals surface area contributed by atoms with Crippen molar-refractivity contribution in [2.75, 3.05) is 23.0 Å².